The van der Waals surface area contributed by atoms with Gasteiger partial charge in [-0.25, -0.2) is 0 Å². The van der Waals surface area contributed by atoms with Crippen molar-refractivity contribution in [3.63, 3.8) is 0 Å². The second kappa shape index (κ2) is 9.65. The molecule has 0 aliphatic heterocycles. The maximum absolute atomic E-state index is 6.11. The molecule has 0 N–H and O–H groups in total. The Morgan fingerprint density at radius 2 is 1.00 bits per heavy atom. The van der Waals surface area contributed by atoms with Crippen molar-refractivity contribution in [1.82, 2.24) is 0 Å². The van der Waals surface area contributed by atoms with Crippen LogP contribution in [0.25, 0.3) is 0 Å². The second-order valence-electron chi connectivity index (χ2n) is 8.21. The van der Waals surface area contributed by atoms with Gasteiger partial charge in [-0.1, -0.05) is 54.6 Å². The fourth-order valence-corrected chi connectivity index (χ4v) is 8.88. The number of unbranched alkanes of at least 4 members (excludes halogenated alkanes) is 1. The van der Waals surface area contributed by atoms with E-state index in [4.69, 9.17) is 4.43 Å². The monoisotopic (exact) mass is 407 g/mol. The number of rotatable bonds is 9. The zero-order chi connectivity index (χ0) is 19.9. The van der Waals surface area contributed by atoms with Crippen molar-refractivity contribution in [3.8, 4) is 0 Å². The topological polar surface area (TPSA) is 9.23 Å². The molecule has 0 bridgehead atoms. The molecule has 0 amide bonds. The number of hydrogen-bond acceptors (Lipinski definition) is 1. The summed E-state index contributed by atoms with van der Waals surface area (Å²) >= 11 is 0. The van der Waals surface area contributed by atoms with Crippen LogP contribution in [-0.4, -0.2) is 21.1 Å². The van der Waals surface area contributed by atoms with Crippen molar-refractivity contribution in [2.24, 2.45) is 0 Å². The molecule has 1 nitrogen and oxygen atoms in total. The third kappa shape index (κ3) is 5.20. The zero-order valence-corrected chi connectivity index (χ0v) is 19.2. The van der Waals surface area contributed by atoms with Crippen LogP contribution in [0.3, 0.4) is 0 Å². The molecule has 0 unspecified atom stereocenters. The molecule has 0 radical (unpaired) electrons. The Labute approximate surface area is 172 Å². The minimum absolute atomic E-state index is 0.883. The molecule has 3 aromatic carbocycles. The lowest BCUT2D eigenvalue weighted by molar-refractivity contribution is 0.303. The minimum Gasteiger partial charge on any atom is -0.418 e. The van der Waals surface area contributed by atoms with E-state index in [9.17, 15) is 0 Å². The number of hydrogen-bond donors (Lipinski definition) is 0. The van der Waals surface area contributed by atoms with Crippen LogP contribution < -0.4 is 15.9 Å². The van der Waals surface area contributed by atoms with Crippen LogP contribution >= 0.6 is 7.26 Å². The lowest BCUT2D eigenvalue weighted by Crippen LogP contribution is -2.33. The van der Waals surface area contributed by atoms with Gasteiger partial charge < -0.3 is 4.43 Å². The van der Waals surface area contributed by atoms with Gasteiger partial charge in [-0.15, -0.1) is 0 Å². The van der Waals surface area contributed by atoms with Crippen molar-refractivity contribution < 1.29 is 4.43 Å². The van der Waals surface area contributed by atoms with Gasteiger partial charge in [-0.2, -0.15) is 0 Å². The van der Waals surface area contributed by atoms with E-state index in [-0.39, 0.29) is 0 Å². The van der Waals surface area contributed by atoms with Gasteiger partial charge in [0.2, 0.25) is 0 Å². The molecule has 28 heavy (non-hydrogen) atoms. The summed E-state index contributed by atoms with van der Waals surface area (Å²) in [7, 11) is -3.11. The Morgan fingerprint density at radius 3 is 1.36 bits per heavy atom. The van der Waals surface area contributed by atoms with Gasteiger partial charge in [-0.3, -0.25) is 0 Å². The summed E-state index contributed by atoms with van der Waals surface area (Å²) < 4.78 is 6.11. The molecule has 0 aromatic heterocycles. The summed E-state index contributed by atoms with van der Waals surface area (Å²) in [5, 5.41) is 4.41. The Morgan fingerprint density at radius 1 is 0.607 bits per heavy atom. The maximum Gasteiger partial charge on any atom is 0.183 e. The first-order valence-corrected chi connectivity index (χ1v) is 15.6. The first kappa shape index (κ1) is 21.0. The molecule has 3 rings (SSSR count). The van der Waals surface area contributed by atoms with E-state index < -0.39 is 15.6 Å². The van der Waals surface area contributed by atoms with Gasteiger partial charge in [0, 0.05) is 6.61 Å². The lowest BCUT2D eigenvalue weighted by Gasteiger charge is -2.28. The van der Waals surface area contributed by atoms with Crippen LogP contribution in [0, 0.1) is 0 Å². The van der Waals surface area contributed by atoms with E-state index in [1.54, 1.807) is 0 Å². The minimum atomic E-state index is -1.68. The second-order valence-corrected chi connectivity index (χ2v) is 16.3. The maximum atomic E-state index is 6.11. The van der Waals surface area contributed by atoms with E-state index in [0.717, 1.165) is 13.0 Å². The highest BCUT2D eigenvalue weighted by atomic mass is 31.2. The Kier molecular flexibility index (Phi) is 7.23. The molecule has 3 aromatic rings. The van der Waals surface area contributed by atoms with E-state index in [0.29, 0.717) is 0 Å². The average Bonchev–Trinajstić information content (AvgIpc) is 2.72. The van der Waals surface area contributed by atoms with Gasteiger partial charge >= 0.3 is 0 Å². The molecular weight excluding hydrogens is 375 g/mol. The van der Waals surface area contributed by atoms with Gasteiger partial charge in [0.1, 0.15) is 23.2 Å². The normalized spacial score (nSPS) is 12.1. The Bertz CT molecular complexity index is 732. The molecule has 0 saturated heterocycles. The number of benzene rings is 3. The molecule has 0 aliphatic carbocycles. The molecule has 0 aliphatic rings. The van der Waals surface area contributed by atoms with Crippen LogP contribution in [0.1, 0.15) is 12.8 Å². The SMILES string of the molecule is C[Si](C)(C)OCCCC[P+](c1ccccc1)(c1ccccc1)c1ccccc1. The van der Waals surface area contributed by atoms with E-state index in [1.807, 2.05) is 0 Å². The molecule has 0 spiro atoms. The first-order chi connectivity index (χ1) is 13.5. The van der Waals surface area contributed by atoms with Crippen molar-refractivity contribution >= 4 is 31.5 Å². The van der Waals surface area contributed by atoms with Gasteiger partial charge in [-0.05, 0) is 68.9 Å². The van der Waals surface area contributed by atoms with Crippen molar-refractivity contribution in [1.29, 1.82) is 0 Å². The predicted octanol–water partition coefficient (Wildman–Crippen LogP) is 5.61. The molecule has 0 atom stereocenters. The molecule has 0 heterocycles. The Hall–Kier alpha value is -1.73. The van der Waals surface area contributed by atoms with Crippen LogP contribution in [0.15, 0.2) is 91.0 Å². The first-order valence-electron chi connectivity index (χ1n) is 10.2. The predicted molar refractivity (Wildman–Crippen MR) is 129 cm³/mol. The Balaban J connectivity index is 1.97. The standard InChI is InChI=1S/C25H32OPSi/c1-28(2,3)26-21-13-14-22-27(23-15-7-4-8-16-23,24-17-9-5-10-18-24)25-19-11-6-12-20-25/h4-12,15-20H,13-14,21-22H2,1-3H3/q+1. The van der Waals surface area contributed by atoms with E-state index >= 15 is 0 Å². The van der Waals surface area contributed by atoms with Crippen LogP contribution in [0.5, 0.6) is 0 Å². The summed E-state index contributed by atoms with van der Waals surface area (Å²) in [4.78, 5) is 0. The van der Waals surface area contributed by atoms with Gasteiger partial charge in [0.15, 0.2) is 8.32 Å². The van der Waals surface area contributed by atoms with Crippen molar-refractivity contribution in [3.05, 3.63) is 91.0 Å². The molecular formula is C25H32OPSi+. The average molecular weight is 408 g/mol. The largest absolute Gasteiger partial charge is 0.418 e. The lowest BCUT2D eigenvalue weighted by atomic mass is 10.3. The summed E-state index contributed by atoms with van der Waals surface area (Å²) in [6.45, 7) is 7.68. The molecule has 3 heteroatoms. The van der Waals surface area contributed by atoms with Crippen LogP contribution in [0.2, 0.25) is 19.6 Å². The molecule has 0 saturated carbocycles. The van der Waals surface area contributed by atoms with E-state index in [2.05, 4.69) is 111 Å². The summed E-state index contributed by atoms with van der Waals surface area (Å²) in [5.41, 5.74) is 0. The zero-order valence-electron chi connectivity index (χ0n) is 17.3. The van der Waals surface area contributed by atoms with Crippen LogP contribution in [-0.2, 0) is 4.43 Å². The van der Waals surface area contributed by atoms with Gasteiger partial charge in [0.25, 0.3) is 0 Å². The summed E-state index contributed by atoms with van der Waals surface area (Å²) in [5.74, 6) is 0. The fraction of sp³-hybridized carbons (Fsp3) is 0.280. The summed E-state index contributed by atoms with van der Waals surface area (Å²) in [6, 6.07) is 33.4. The highest BCUT2D eigenvalue weighted by Gasteiger charge is 2.44. The quantitative estimate of drug-likeness (QED) is 0.254. The van der Waals surface area contributed by atoms with E-state index in [1.165, 1.54) is 28.5 Å². The third-order valence-corrected chi connectivity index (χ3v) is 10.6. The molecule has 0 fully saturated rings. The fourth-order valence-electron chi connectivity index (χ4n) is 3.71. The smallest absolute Gasteiger partial charge is 0.183 e. The third-order valence-electron chi connectivity index (χ3n) is 5.01. The van der Waals surface area contributed by atoms with Crippen molar-refractivity contribution in [2.45, 2.75) is 32.5 Å². The van der Waals surface area contributed by atoms with Crippen molar-refractivity contribution in [2.75, 3.05) is 12.8 Å². The highest BCUT2D eigenvalue weighted by molar-refractivity contribution is 7.95. The summed E-state index contributed by atoms with van der Waals surface area (Å²) in [6.07, 6.45) is 3.48. The molecule has 146 valence electrons. The van der Waals surface area contributed by atoms with Gasteiger partial charge in [0.05, 0.1) is 6.16 Å². The highest BCUT2D eigenvalue weighted by Crippen LogP contribution is 2.55. The van der Waals surface area contributed by atoms with Crippen LogP contribution in [0.4, 0.5) is 0 Å².